The summed E-state index contributed by atoms with van der Waals surface area (Å²) in [7, 11) is -4.28. The predicted molar refractivity (Wildman–Crippen MR) is 107 cm³/mol. The molecular weight excluding hydrogens is 407 g/mol. The monoisotopic (exact) mass is 444 g/mol. The van der Waals surface area contributed by atoms with E-state index in [1.807, 2.05) is 6.92 Å². The molecule has 9 heteroatoms. The maximum atomic E-state index is 11.8. The van der Waals surface area contributed by atoms with Crippen LogP contribution in [0.15, 0.2) is 0 Å². The summed E-state index contributed by atoms with van der Waals surface area (Å²) in [5.41, 5.74) is 0. The molecule has 3 unspecified atom stereocenters. The van der Waals surface area contributed by atoms with Crippen LogP contribution in [0.5, 0.6) is 0 Å². The molecule has 0 aromatic carbocycles. The molecule has 3 atom stereocenters. The van der Waals surface area contributed by atoms with E-state index >= 15 is 0 Å². The Morgan fingerprint density at radius 3 is 1.69 bits per heavy atom. The quantitative estimate of drug-likeness (QED) is 0.197. The van der Waals surface area contributed by atoms with Gasteiger partial charge in [0.2, 0.25) is 0 Å². The van der Waals surface area contributed by atoms with E-state index in [0.29, 0.717) is 25.4 Å². The van der Waals surface area contributed by atoms with Gasteiger partial charge in [0.15, 0.2) is 0 Å². The molecule has 0 bridgehead atoms. The zero-order valence-electron chi connectivity index (χ0n) is 18.8. The van der Waals surface area contributed by atoms with Crippen LogP contribution in [0.2, 0.25) is 0 Å². The van der Waals surface area contributed by atoms with Crippen LogP contribution < -0.4 is 29.6 Å². The fourth-order valence-electron chi connectivity index (χ4n) is 2.69. The topological polar surface area (TPSA) is 110 Å². The fraction of sp³-hybridized carbons (Fsp3) is 0.900. The van der Waals surface area contributed by atoms with Gasteiger partial charge in [0, 0.05) is 5.25 Å². The molecule has 7 nitrogen and oxygen atoms in total. The largest absolute Gasteiger partial charge is 1.00 e. The smallest absolute Gasteiger partial charge is 0.748 e. The normalized spacial score (nSPS) is 14.4. The second-order valence-corrected chi connectivity index (χ2v) is 9.23. The molecule has 0 amide bonds. The average molecular weight is 445 g/mol. The molecule has 166 valence electrons. The van der Waals surface area contributed by atoms with Gasteiger partial charge >= 0.3 is 41.5 Å². The molecule has 0 aliphatic carbocycles. The van der Waals surface area contributed by atoms with Gasteiger partial charge in [-0.1, -0.05) is 46.5 Å². The Bertz CT molecular complexity index is 551. The van der Waals surface area contributed by atoms with Crippen molar-refractivity contribution in [3.63, 3.8) is 0 Å². The van der Waals surface area contributed by atoms with Gasteiger partial charge in [-0.3, -0.25) is 9.59 Å². The van der Waals surface area contributed by atoms with Crippen molar-refractivity contribution >= 4 is 22.1 Å². The summed E-state index contributed by atoms with van der Waals surface area (Å²) in [6, 6.07) is 0. The van der Waals surface area contributed by atoms with Crippen molar-refractivity contribution in [3.05, 3.63) is 0 Å². The zero-order chi connectivity index (χ0) is 21.6. The molecule has 0 saturated carbocycles. The van der Waals surface area contributed by atoms with Crippen LogP contribution in [-0.2, 0) is 29.2 Å². The van der Waals surface area contributed by atoms with Crippen LogP contribution in [0.4, 0.5) is 0 Å². The summed E-state index contributed by atoms with van der Waals surface area (Å²) in [4.78, 5) is 23.6. The van der Waals surface area contributed by atoms with Crippen LogP contribution in [0.3, 0.4) is 0 Å². The second-order valence-electron chi connectivity index (χ2n) is 7.44. The van der Waals surface area contributed by atoms with E-state index < -0.39 is 27.3 Å². The predicted octanol–water partition coefficient (Wildman–Crippen LogP) is 0.814. The molecule has 29 heavy (non-hydrogen) atoms. The van der Waals surface area contributed by atoms with Gasteiger partial charge in [-0.2, -0.15) is 0 Å². The van der Waals surface area contributed by atoms with Crippen molar-refractivity contribution in [2.45, 2.75) is 90.7 Å². The third-order valence-corrected chi connectivity index (χ3v) is 6.31. The molecule has 0 fully saturated rings. The maximum absolute atomic E-state index is 11.8. The fourth-order valence-corrected chi connectivity index (χ4v) is 3.11. The Morgan fingerprint density at radius 2 is 1.31 bits per heavy atom. The van der Waals surface area contributed by atoms with Crippen molar-refractivity contribution in [1.29, 1.82) is 0 Å². The molecule has 0 N–H and O–H groups in total. The number of hydrogen-bond donors (Lipinski definition) is 0. The summed E-state index contributed by atoms with van der Waals surface area (Å²) in [6.07, 6.45) is 5.61. The minimum Gasteiger partial charge on any atom is -0.748 e. The molecule has 0 radical (unpaired) electrons. The zero-order valence-corrected chi connectivity index (χ0v) is 21.6. The maximum Gasteiger partial charge on any atom is 1.00 e. The minimum absolute atomic E-state index is 0. The Morgan fingerprint density at radius 1 is 0.862 bits per heavy atom. The Labute approximate surface area is 198 Å². The van der Waals surface area contributed by atoms with E-state index in [4.69, 9.17) is 9.47 Å². The molecule has 0 aliphatic rings. The number of carbonyl (C=O) groups is 2. The van der Waals surface area contributed by atoms with Gasteiger partial charge < -0.3 is 14.0 Å². The van der Waals surface area contributed by atoms with Crippen LogP contribution >= 0.6 is 0 Å². The van der Waals surface area contributed by atoms with Crippen molar-refractivity contribution in [2.24, 2.45) is 11.8 Å². The van der Waals surface area contributed by atoms with Gasteiger partial charge in [-0.05, 0) is 38.0 Å². The Hall–Kier alpha value is -0.150. The molecule has 0 heterocycles. The SMILES string of the molecule is CCCCC(CC)COC(=O)CCC(=O)OCC(CC)CCC(C)S(=O)(=O)[O-].[Na+]. The molecule has 0 rings (SSSR count). The Kier molecular flexibility index (Phi) is 18.8. The molecular formula is C20H37NaO7S. The van der Waals surface area contributed by atoms with Crippen molar-refractivity contribution in [2.75, 3.05) is 13.2 Å². The van der Waals surface area contributed by atoms with Gasteiger partial charge in [-0.25, -0.2) is 8.42 Å². The molecule has 0 aromatic rings. The number of esters is 2. The molecule has 0 spiro atoms. The van der Waals surface area contributed by atoms with Gasteiger partial charge in [0.1, 0.15) is 0 Å². The van der Waals surface area contributed by atoms with E-state index in [0.717, 1.165) is 25.7 Å². The summed E-state index contributed by atoms with van der Waals surface area (Å²) in [6.45, 7) is 8.05. The number of ether oxygens (including phenoxy) is 2. The number of hydrogen-bond acceptors (Lipinski definition) is 7. The van der Waals surface area contributed by atoms with Gasteiger partial charge in [0.05, 0.1) is 36.2 Å². The third-order valence-electron chi connectivity index (χ3n) is 5.09. The first-order valence-electron chi connectivity index (χ1n) is 10.4. The van der Waals surface area contributed by atoms with Gasteiger partial charge in [-0.15, -0.1) is 0 Å². The van der Waals surface area contributed by atoms with Gasteiger partial charge in [0.25, 0.3) is 0 Å². The minimum atomic E-state index is -4.28. The van der Waals surface area contributed by atoms with Crippen LogP contribution in [0.25, 0.3) is 0 Å². The van der Waals surface area contributed by atoms with E-state index in [9.17, 15) is 22.6 Å². The first-order chi connectivity index (χ1) is 13.1. The molecule has 0 saturated heterocycles. The average Bonchev–Trinajstić information content (AvgIpc) is 2.65. The van der Waals surface area contributed by atoms with E-state index in [2.05, 4.69) is 13.8 Å². The number of rotatable bonds is 16. The van der Waals surface area contributed by atoms with E-state index in [1.165, 1.54) is 6.92 Å². The van der Waals surface area contributed by atoms with Crippen LogP contribution in [0, 0.1) is 11.8 Å². The third kappa shape index (κ3) is 16.2. The number of unbranched alkanes of at least 4 members (excludes halogenated alkanes) is 1. The van der Waals surface area contributed by atoms with Crippen molar-refractivity contribution < 1.29 is 61.6 Å². The second kappa shape index (κ2) is 17.5. The number of carbonyl (C=O) groups excluding carboxylic acids is 2. The summed E-state index contributed by atoms with van der Waals surface area (Å²) in [5, 5.41) is -0.948. The standard InChI is InChI=1S/C20H38O7S.Na/c1-5-8-9-17(6-2)14-26-19(21)12-13-20(22)27-15-18(7-3)11-10-16(4)28(23,24)25;/h16-18H,5-15H2,1-4H3,(H,23,24,25);/q;+1/p-1. The van der Waals surface area contributed by atoms with Crippen molar-refractivity contribution in [3.8, 4) is 0 Å². The summed E-state index contributed by atoms with van der Waals surface area (Å²) in [5.74, 6) is -0.517. The summed E-state index contributed by atoms with van der Waals surface area (Å²) >= 11 is 0. The molecule has 0 aliphatic heterocycles. The Balaban J connectivity index is 0. The first-order valence-corrected chi connectivity index (χ1v) is 11.9. The van der Waals surface area contributed by atoms with E-state index in [1.54, 1.807) is 0 Å². The van der Waals surface area contributed by atoms with Crippen molar-refractivity contribution in [1.82, 2.24) is 0 Å². The van der Waals surface area contributed by atoms with E-state index in [-0.39, 0.29) is 61.3 Å². The molecule has 0 aromatic heterocycles. The van der Waals surface area contributed by atoms with Crippen LogP contribution in [0.1, 0.15) is 85.5 Å². The first kappa shape index (κ1) is 31.0. The van der Waals surface area contributed by atoms with Crippen LogP contribution in [-0.4, -0.2) is 43.4 Å². The summed E-state index contributed by atoms with van der Waals surface area (Å²) < 4.78 is 43.2.